The molecule has 170 valence electrons. The van der Waals surface area contributed by atoms with Crippen LogP contribution in [-0.2, 0) is 13.6 Å². The Morgan fingerprint density at radius 3 is 2.52 bits per heavy atom. The molecule has 2 aromatic carbocycles. The highest BCUT2D eigenvalue weighted by Gasteiger charge is 2.17. The number of aromatic nitrogens is 4. The molecule has 2 aromatic heterocycles. The van der Waals surface area contributed by atoms with Gasteiger partial charge < -0.3 is 9.47 Å². The molecule has 33 heavy (non-hydrogen) atoms. The number of ether oxygens (including phenoxy) is 2. The smallest absolute Gasteiger partial charge is 0.329 e. The second-order valence-electron chi connectivity index (χ2n) is 7.48. The highest BCUT2D eigenvalue weighted by atomic mass is 16.5. The number of benzene rings is 2. The van der Waals surface area contributed by atoms with E-state index < -0.39 is 11.2 Å². The van der Waals surface area contributed by atoms with Gasteiger partial charge in [0.15, 0.2) is 22.7 Å². The summed E-state index contributed by atoms with van der Waals surface area (Å²) < 4.78 is 13.6. The van der Waals surface area contributed by atoms with Crippen LogP contribution in [0, 0.1) is 6.92 Å². The Kier molecular flexibility index (Phi) is 5.99. The normalized spacial score (nSPS) is 11.3. The van der Waals surface area contributed by atoms with E-state index in [-0.39, 0.29) is 11.2 Å². The van der Waals surface area contributed by atoms with Crippen molar-refractivity contribution >= 4 is 23.3 Å². The lowest BCUT2D eigenvalue weighted by Crippen LogP contribution is -2.29. The molecule has 0 aliphatic heterocycles. The van der Waals surface area contributed by atoms with E-state index in [4.69, 9.17) is 9.47 Å². The van der Waals surface area contributed by atoms with Gasteiger partial charge in [0.05, 0.1) is 27.0 Å². The first-order valence-electron chi connectivity index (χ1n) is 10.2. The molecule has 2 heterocycles. The van der Waals surface area contributed by atoms with E-state index in [2.05, 4.69) is 20.5 Å². The molecule has 10 nitrogen and oxygen atoms in total. The number of hydrogen-bond acceptors (Lipinski definition) is 7. The number of fused-ring (bicyclic) bond motifs is 1. The number of nitrogens with zero attached hydrogens (tertiary/aromatic N) is 4. The molecule has 0 atom stereocenters. The van der Waals surface area contributed by atoms with Crippen LogP contribution in [0.4, 0.5) is 5.95 Å². The molecule has 0 fully saturated rings. The number of rotatable bonds is 7. The topological polar surface area (TPSA) is 116 Å². The van der Waals surface area contributed by atoms with E-state index in [0.29, 0.717) is 24.0 Å². The number of anilines is 1. The molecule has 0 amide bonds. The standard InChI is InChI=1S/C23H24N6O4/c1-14-5-7-15(8-6-14)13-29-19-20(28(2)23(31)26-21(19)30)25-22(29)27-24-12-16-9-10-17(32-3)18(11-16)33-4/h5-12H,13H2,1-4H3,(H,25,27)(H,26,30,31)/b24-12-. The van der Waals surface area contributed by atoms with Crippen molar-refractivity contribution in [3.05, 3.63) is 80.0 Å². The van der Waals surface area contributed by atoms with E-state index in [1.165, 1.54) is 4.57 Å². The monoisotopic (exact) mass is 448 g/mol. The van der Waals surface area contributed by atoms with E-state index in [1.807, 2.05) is 37.3 Å². The van der Waals surface area contributed by atoms with Gasteiger partial charge in [-0.3, -0.25) is 18.9 Å². The summed E-state index contributed by atoms with van der Waals surface area (Å²) in [6, 6.07) is 13.3. The highest BCUT2D eigenvalue weighted by molar-refractivity contribution is 5.82. The molecule has 0 aliphatic carbocycles. The van der Waals surface area contributed by atoms with Gasteiger partial charge in [-0.1, -0.05) is 29.8 Å². The molecular weight excluding hydrogens is 424 g/mol. The van der Waals surface area contributed by atoms with Crippen LogP contribution in [-0.4, -0.2) is 39.5 Å². The fourth-order valence-electron chi connectivity index (χ4n) is 3.45. The summed E-state index contributed by atoms with van der Waals surface area (Å²) in [7, 11) is 4.69. The summed E-state index contributed by atoms with van der Waals surface area (Å²) in [5.74, 6) is 1.52. The number of imidazole rings is 1. The average molecular weight is 448 g/mol. The molecular formula is C23H24N6O4. The largest absolute Gasteiger partial charge is 0.493 e. The minimum absolute atomic E-state index is 0.264. The van der Waals surface area contributed by atoms with Crippen molar-refractivity contribution in [3.8, 4) is 11.5 Å². The van der Waals surface area contributed by atoms with Crippen molar-refractivity contribution in [3.63, 3.8) is 0 Å². The fourth-order valence-corrected chi connectivity index (χ4v) is 3.45. The number of nitrogens with one attached hydrogen (secondary N) is 2. The van der Waals surface area contributed by atoms with Crippen molar-refractivity contribution in [2.24, 2.45) is 12.1 Å². The summed E-state index contributed by atoms with van der Waals surface area (Å²) in [6.45, 7) is 2.37. The first kappa shape index (κ1) is 21.9. The minimum Gasteiger partial charge on any atom is -0.493 e. The van der Waals surface area contributed by atoms with Crippen molar-refractivity contribution in [2.45, 2.75) is 13.5 Å². The average Bonchev–Trinajstić information content (AvgIpc) is 3.17. The van der Waals surface area contributed by atoms with Crippen molar-refractivity contribution in [2.75, 3.05) is 19.6 Å². The van der Waals surface area contributed by atoms with Crippen LogP contribution in [0.3, 0.4) is 0 Å². The maximum absolute atomic E-state index is 12.6. The Bertz CT molecular complexity index is 1450. The lowest BCUT2D eigenvalue weighted by atomic mass is 10.1. The SMILES string of the molecule is COc1ccc(/C=N\Nc2nc3c(c(=O)[nH]c(=O)n3C)n2Cc2ccc(C)cc2)cc1OC. The molecule has 0 bridgehead atoms. The zero-order chi connectivity index (χ0) is 23.5. The van der Waals surface area contributed by atoms with Crippen LogP contribution in [0.2, 0.25) is 0 Å². The predicted molar refractivity (Wildman–Crippen MR) is 127 cm³/mol. The van der Waals surface area contributed by atoms with Gasteiger partial charge in [-0.25, -0.2) is 10.2 Å². The molecule has 0 aliphatic rings. The van der Waals surface area contributed by atoms with Gasteiger partial charge in [0.25, 0.3) is 5.56 Å². The van der Waals surface area contributed by atoms with E-state index in [9.17, 15) is 9.59 Å². The first-order valence-corrected chi connectivity index (χ1v) is 10.2. The van der Waals surface area contributed by atoms with Gasteiger partial charge in [0, 0.05) is 7.05 Å². The number of aryl methyl sites for hydroxylation is 2. The lowest BCUT2D eigenvalue weighted by Gasteiger charge is -2.09. The van der Waals surface area contributed by atoms with Gasteiger partial charge in [-0.15, -0.1) is 0 Å². The van der Waals surface area contributed by atoms with Crippen LogP contribution in [0.1, 0.15) is 16.7 Å². The molecule has 4 aromatic rings. The maximum Gasteiger partial charge on any atom is 0.329 e. The zero-order valence-corrected chi connectivity index (χ0v) is 18.7. The maximum atomic E-state index is 12.6. The molecule has 10 heteroatoms. The third-order valence-corrected chi connectivity index (χ3v) is 5.25. The quantitative estimate of drug-likeness (QED) is 0.331. The zero-order valence-electron chi connectivity index (χ0n) is 18.7. The summed E-state index contributed by atoms with van der Waals surface area (Å²) in [5.41, 5.74) is 5.28. The summed E-state index contributed by atoms with van der Waals surface area (Å²) in [5, 5.41) is 4.28. The van der Waals surface area contributed by atoms with Crippen molar-refractivity contribution in [1.82, 2.24) is 19.1 Å². The Labute approximate surface area is 189 Å². The lowest BCUT2D eigenvalue weighted by molar-refractivity contribution is 0.355. The molecule has 0 spiro atoms. The summed E-state index contributed by atoms with van der Waals surface area (Å²) in [4.78, 5) is 31.5. The van der Waals surface area contributed by atoms with E-state index in [0.717, 1.165) is 16.7 Å². The van der Waals surface area contributed by atoms with Crippen LogP contribution in [0.25, 0.3) is 11.2 Å². The van der Waals surface area contributed by atoms with Crippen LogP contribution in [0.15, 0.2) is 57.2 Å². The Balaban J connectivity index is 1.73. The molecule has 0 saturated carbocycles. The van der Waals surface area contributed by atoms with E-state index >= 15 is 0 Å². The van der Waals surface area contributed by atoms with Crippen LogP contribution >= 0.6 is 0 Å². The third-order valence-electron chi connectivity index (χ3n) is 5.25. The van der Waals surface area contributed by atoms with Gasteiger partial charge in [-0.2, -0.15) is 10.1 Å². The van der Waals surface area contributed by atoms with Crippen molar-refractivity contribution in [1.29, 1.82) is 0 Å². The fraction of sp³-hybridized carbons (Fsp3) is 0.217. The number of hydrazone groups is 1. The third kappa shape index (κ3) is 4.36. The Morgan fingerprint density at radius 1 is 1.09 bits per heavy atom. The number of methoxy groups -OCH3 is 2. The number of aromatic amines is 1. The van der Waals surface area contributed by atoms with Crippen molar-refractivity contribution < 1.29 is 9.47 Å². The van der Waals surface area contributed by atoms with Gasteiger partial charge >= 0.3 is 5.69 Å². The predicted octanol–water partition coefficient (Wildman–Crippen LogP) is 2.24. The second kappa shape index (κ2) is 9.03. The number of hydrogen-bond donors (Lipinski definition) is 2. The van der Waals surface area contributed by atoms with Gasteiger partial charge in [-0.05, 0) is 36.2 Å². The highest BCUT2D eigenvalue weighted by Crippen LogP contribution is 2.27. The summed E-state index contributed by atoms with van der Waals surface area (Å²) >= 11 is 0. The Hall–Kier alpha value is -4.34. The second-order valence-corrected chi connectivity index (χ2v) is 7.48. The van der Waals surface area contributed by atoms with Gasteiger partial charge in [0.1, 0.15) is 0 Å². The molecule has 2 N–H and O–H groups in total. The van der Waals surface area contributed by atoms with E-state index in [1.54, 1.807) is 44.2 Å². The Morgan fingerprint density at radius 2 is 1.82 bits per heavy atom. The minimum atomic E-state index is -0.534. The molecule has 0 unspecified atom stereocenters. The number of H-pyrrole nitrogens is 1. The molecule has 0 saturated heterocycles. The van der Waals surface area contributed by atoms with Crippen LogP contribution < -0.4 is 26.1 Å². The first-order chi connectivity index (χ1) is 15.9. The summed E-state index contributed by atoms with van der Waals surface area (Å²) in [6.07, 6.45) is 1.60. The molecule has 4 rings (SSSR count). The molecule has 0 radical (unpaired) electrons. The van der Waals surface area contributed by atoms with Gasteiger partial charge in [0.2, 0.25) is 5.95 Å². The van der Waals surface area contributed by atoms with Crippen LogP contribution in [0.5, 0.6) is 11.5 Å².